The van der Waals surface area contributed by atoms with E-state index in [1.165, 1.54) is 4.90 Å². The zero-order valence-corrected chi connectivity index (χ0v) is 14.9. The van der Waals surface area contributed by atoms with Crippen molar-refractivity contribution in [1.29, 1.82) is 0 Å². The van der Waals surface area contributed by atoms with Gasteiger partial charge < -0.3 is 5.73 Å². The van der Waals surface area contributed by atoms with Gasteiger partial charge in [-0.1, -0.05) is 27.7 Å². The summed E-state index contributed by atoms with van der Waals surface area (Å²) in [5, 5.41) is 0. The molecule has 1 fully saturated rings. The summed E-state index contributed by atoms with van der Waals surface area (Å²) < 4.78 is 0. The lowest BCUT2D eigenvalue weighted by Gasteiger charge is -2.40. The van der Waals surface area contributed by atoms with Crippen LogP contribution < -0.4 is 5.73 Å². The maximum atomic E-state index is 12.6. The SMILES string of the molecule is CC(C)C(=O)C(C)(N)CC(C)(C)N1C(=O)CC(C(C)C)C1=O. The van der Waals surface area contributed by atoms with Crippen LogP contribution in [0.5, 0.6) is 0 Å². The maximum absolute atomic E-state index is 12.6. The fourth-order valence-corrected chi connectivity index (χ4v) is 3.54. The molecule has 2 atom stereocenters. The van der Waals surface area contributed by atoms with Gasteiger partial charge >= 0.3 is 0 Å². The Morgan fingerprint density at radius 1 is 1.23 bits per heavy atom. The molecule has 0 aromatic rings. The number of hydrogen-bond donors (Lipinski definition) is 1. The minimum atomic E-state index is -1.06. The Morgan fingerprint density at radius 3 is 2.09 bits per heavy atom. The van der Waals surface area contributed by atoms with Crippen molar-refractivity contribution in [2.75, 3.05) is 0 Å². The van der Waals surface area contributed by atoms with Crippen LogP contribution in [0.3, 0.4) is 0 Å². The lowest BCUT2D eigenvalue weighted by molar-refractivity contribution is -0.147. The molecule has 1 aliphatic rings. The quantitative estimate of drug-likeness (QED) is 0.762. The van der Waals surface area contributed by atoms with Gasteiger partial charge in [0.15, 0.2) is 5.78 Å². The largest absolute Gasteiger partial charge is 0.319 e. The molecule has 1 heterocycles. The highest BCUT2D eigenvalue weighted by Gasteiger charge is 2.49. The smallest absolute Gasteiger partial charge is 0.233 e. The number of carbonyl (C=O) groups is 3. The molecule has 126 valence electrons. The highest BCUT2D eigenvalue weighted by Crippen LogP contribution is 2.35. The molecule has 0 spiro atoms. The van der Waals surface area contributed by atoms with Crippen LogP contribution in [0, 0.1) is 17.8 Å². The predicted octanol–water partition coefficient (Wildman–Crippen LogP) is 2.13. The Balaban J connectivity index is 3.02. The second kappa shape index (κ2) is 6.11. The van der Waals surface area contributed by atoms with Crippen molar-refractivity contribution in [1.82, 2.24) is 4.90 Å². The van der Waals surface area contributed by atoms with Gasteiger partial charge in [-0.15, -0.1) is 0 Å². The van der Waals surface area contributed by atoms with Gasteiger partial charge in [0.2, 0.25) is 11.8 Å². The topological polar surface area (TPSA) is 80.5 Å². The molecule has 1 rings (SSSR count). The summed E-state index contributed by atoms with van der Waals surface area (Å²) in [5.41, 5.74) is 4.37. The highest BCUT2D eigenvalue weighted by molar-refractivity contribution is 6.04. The van der Waals surface area contributed by atoms with Gasteiger partial charge in [-0.3, -0.25) is 19.3 Å². The molecular formula is C17H30N2O3. The third kappa shape index (κ3) is 3.57. The van der Waals surface area contributed by atoms with Gasteiger partial charge in [0.25, 0.3) is 0 Å². The number of likely N-dealkylation sites (tertiary alicyclic amines) is 1. The van der Waals surface area contributed by atoms with E-state index in [2.05, 4.69) is 0 Å². The van der Waals surface area contributed by atoms with Crippen molar-refractivity contribution in [2.45, 2.75) is 72.4 Å². The number of rotatable bonds is 6. The lowest BCUT2D eigenvalue weighted by atomic mass is 9.79. The van der Waals surface area contributed by atoms with E-state index in [1.54, 1.807) is 20.8 Å². The summed E-state index contributed by atoms with van der Waals surface area (Å²) in [6.45, 7) is 12.8. The number of amides is 2. The average Bonchev–Trinajstić information content (AvgIpc) is 2.62. The number of nitrogens with two attached hydrogens (primary N) is 1. The molecule has 5 heteroatoms. The average molecular weight is 310 g/mol. The van der Waals surface area contributed by atoms with Crippen molar-refractivity contribution in [3.8, 4) is 0 Å². The fourth-order valence-electron chi connectivity index (χ4n) is 3.54. The van der Waals surface area contributed by atoms with Crippen LogP contribution in [-0.4, -0.2) is 33.6 Å². The standard InChI is InChI=1S/C17H30N2O3/c1-10(2)12-8-13(20)19(15(12)22)16(5,6)9-17(7,18)14(21)11(3)4/h10-12H,8-9,18H2,1-7H3. The third-order valence-corrected chi connectivity index (χ3v) is 4.48. The van der Waals surface area contributed by atoms with E-state index >= 15 is 0 Å². The van der Waals surface area contributed by atoms with Gasteiger partial charge in [-0.05, 0) is 33.1 Å². The Hall–Kier alpha value is -1.23. The van der Waals surface area contributed by atoms with Gasteiger partial charge in [0, 0.05) is 23.8 Å². The molecule has 1 saturated heterocycles. The fraction of sp³-hybridized carbons (Fsp3) is 0.824. The minimum absolute atomic E-state index is 0.0555. The zero-order valence-electron chi connectivity index (χ0n) is 14.9. The molecular weight excluding hydrogens is 280 g/mol. The zero-order chi connectivity index (χ0) is 17.5. The predicted molar refractivity (Wildman–Crippen MR) is 85.9 cm³/mol. The molecule has 0 bridgehead atoms. The highest BCUT2D eigenvalue weighted by atomic mass is 16.2. The lowest BCUT2D eigenvalue weighted by Crippen LogP contribution is -2.57. The number of nitrogens with zero attached hydrogens (tertiary/aromatic N) is 1. The minimum Gasteiger partial charge on any atom is -0.319 e. The molecule has 2 amide bonds. The monoisotopic (exact) mass is 310 g/mol. The Morgan fingerprint density at radius 2 is 1.73 bits per heavy atom. The van der Waals surface area contributed by atoms with Crippen LogP contribution in [0.2, 0.25) is 0 Å². The van der Waals surface area contributed by atoms with Crippen molar-refractivity contribution in [2.24, 2.45) is 23.5 Å². The number of ketones is 1. The Labute approximate surface area is 133 Å². The van der Waals surface area contributed by atoms with Crippen LogP contribution in [-0.2, 0) is 14.4 Å². The number of Topliss-reactive ketones (excluding diaryl/α,β-unsaturated/α-hetero) is 1. The van der Waals surface area contributed by atoms with Gasteiger partial charge in [0.1, 0.15) is 0 Å². The summed E-state index contributed by atoms with van der Waals surface area (Å²) in [6.07, 6.45) is 0.513. The van der Waals surface area contributed by atoms with E-state index in [0.717, 1.165) is 0 Å². The second-order valence-corrected chi connectivity index (χ2v) is 8.05. The summed E-state index contributed by atoms with van der Waals surface area (Å²) in [4.78, 5) is 38.5. The Kier molecular flexibility index (Phi) is 5.22. The first kappa shape index (κ1) is 18.8. The summed E-state index contributed by atoms with van der Waals surface area (Å²) in [5.74, 6) is -0.686. The summed E-state index contributed by atoms with van der Waals surface area (Å²) in [7, 11) is 0. The Bertz CT molecular complexity index is 478. The number of hydrogen-bond acceptors (Lipinski definition) is 4. The first-order valence-electron chi connectivity index (χ1n) is 8.01. The van der Waals surface area contributed by atoms with Crippen molar-refractivity contribution < 1.29 is 14.4 Å². The number of carbonyl (C=O) groups excluding carboxylic acids is 3. The second-order valence-electron chi connectivity index (χ2n) is 8.05. The van der Waals surface area contributed by atoms with E-state index in [1.807, 2.05) is 27.7 Å². The van der Waals surface area contributed by atoms with E-state index in [4.69, 9.17) is 5.73 Å². The molecule has 22 heavy (non-hydrogen) atoms. The molecule has 0 aliphatic carbocycles. The van der Waals surface area contributed by atoms with Crippen LogP contribution in [0.25, 0.3) is 0 Å². The van der Waals surface area contributed by atoms with Crippen LogP contribution in [0.15, 0.2) is 0 Å². The van der Waals surface area contributed by atoms with Crippen molar-refractivity contribution >= 4 is 17.6 Å². The van der Waals surface area contributed by atoms with E-state index in [-0.39, 0.29) is 48.2 Å². The van der Waals surface area contributed by atoms with Crippen molar-refractivity contribution in [3.05, 3.63) is 0 Å². The first-order valence-corrected chi connectivity index (χ1v) is 8.01. The van der Waals surface area contributed by atoms with Gasteiger partial charge in [-0.2, -0.15) is 0 Å². The van der Waals surface area contributed by atoms with Gasteiger partial charge in [-0.25, -0.2) is 0 Å². The van der Waals surface area contributed by atoms with E-state index in [9.17, 15) is 14.4 Å². The van der Waals surface area contributed by atoms with Crippen LogP contribution >= 0.6 is 0 Å². The number of imide groups is 1. The molecule has 5 nitrogen and oxygen atoms in total. The normalized spacial score (nSPS) is 22.6. The van der Waals surface area contributed by atoms with Gasteiger partial charge in [0.05, 0.1) is 5.54 Å². The molecule has 0 aromatic heterocycles. The molecule has 0 radical (unpaired) electrons. The summed E-state index contributed by atoms with van der Waals surface area (Å²) >= 11 is 0. The van der Waals surface area contributed by atoms with Crippen LogP contribution in [0.1, 0.15) is 61.3 Å². The van der Waals surface area contributed by atoms with Crippen molar-refractivity contribution in [3.63, 3.8) is 0 Å². The molecule has 0 saturated carbocycles. The van der Waals surface area contributed by atoms with E-state index < -0.39 is 11.1 Å². The first-order chi connectivity index (χ1) is 9.81. The van der Waals surface area contributed by atoms with Crippen LogP contribution in [0.4, 0.5) is 0 Å². The summed E-state index contributed by atoms with van der Waals surface area (Å²) in [6, 6.07) is 0. The molecule has 2 unspecified atom stereocenters. The molecule has 1 aliphatic heterocycles. The molecule has 2 N–H and O–H groups in total. The van der Waals surface area contributed by atoms with E-state index in [0.29, 0.717) is 0 Å². The maximum Gasteiger partial charge on any atom is 0.233 e. The molecule has 0 aromatic carbocycles. The third-order valence-electron chi connectivity index (χ3n) is 4.48.